The summed E-state index contributed by atoms with van der Waals surface area (Å²) in [4.78, 5) is 0. The van der Waals surface area contributed by atoms with Crippen LogP contribution in [0.3, 0.4) is 0 Å². The topological polar surface area (TPSA) is 44.5 Å². The van der Waals surface area contributed by atoms with Crippen molar-refractivity contribution in [3.8, 4) is 11.5 Å². The van der Waals surface area contributed by atoms with E-state index in [0.29, 0.717) is 5.92 Å². The Morgan fingerprint density at radius 2 is 1.67 bits per heavy atom. The molecule has 1 saturated carbocycles. The number of hydrogen-bond donors (Lipinski definition) is 1. The van der Waals surface area contributed by atoms with Crippen molar-refractivity contribution >= 4 is 0 Å². The smallest absolute Gasteiger partial charge is 0.161 e. The summed E-state index contributed by atoms with van der Waals surface area (Å²) >= 11 is 0. The fraction of sp³-hybridized carbons (Fsp3) is 0.667. The van der Waals surface area contributed by atoms with E-state index in [0.717, 1.165) is 37.7 Å². The third-order valence-electron chi connectivity index (χ3n) is 5.06. The van der Waals surface area contributed by atoms with Crippen LogP contribution in [-0.4, -0.2) is 19.8 Å². The van der Waals surface area contributed by atoms with Crippen LogP contribution < -0.4 is 15.2 Å². The standard InChI is InChI=1S/C18H27NO2/c1-13(2)14-10-16-17(21-9-5-8-20-16)11-15(14)18(12-19)6-3-4-7-18/h10-11,13H,3-9,12,19H2,1-2H3. The zero-order valence-corrected chi connectivity index (χ0v) is 13.3. The molecule has 3 nitrogen and oxygen atoms in total. The maximum absolute atomic E-state index is 6.20. The average Bonchev–Trinajstić information content (AvgIpc) is 2.86. The molecule has 0 bridgehead atoms. The van der Waals surface area contributed by atoms with Gasteiger partial charge < -0.3 is 15.2 Å². The Balaban J connectivity index is 2.11. The number of benzene rings is 1. The van der Waals surface area contributed by atoms with Gasteiger partial charge in [0.1, 0.15) is 0 Å². The number of hydrogen-bond acceptors (Lipinski definition) is 3. The summed E-state index contributed by atoms with van der Waals surface area (Å²) < 4.78 is 11.8. The van der Waals surface area contributed by atoms with E-state index >= 15 is 0 Å². The molecule has 1 fully saturated rings. The molecule has 2 N–H and O–H groups in total. The molecule has 3 rings (SSSR count). The van der Waals surface area contributed by atoms with Gasteiger partial charge in [-0.2, -0.15) is 0 Å². The van der Waals surface area contributed by atoms with Crippen molar-refractivity contribution in [1.82, 2.24) is 0 Å². The second kappa shape index (κ2) is 5.88. The summed E-state index contributed by atoms with van der Waals surface area (Å²) in [5, 5.41) is 0. The van der Waals surface area contributed by atoms with E-state index in [1.807, 2.05) is 0 Å². The van der Waals surface area contributed by atoms with Gasteiger partial charge >= 0.3 is 0 Å². The van der Waals surface area contributed by atoms with E-state index in [1.165, 1.54) is 36.8 Å². The number of fused-ring (bicyclic) bond motifs is 1. The molecule has 0 radical (unpaired) electrons. The molecule has 1 aliphatic carbocycles. The second-order valence-electron chi connectivity index (χ2n) is 6.78. The Kier molecular flexibility index (Phi) is 4.12. The van der Waals surface area contributed by atoms with Crippen LogP contribution in [0.4, 0.5) is 0 Å². The van der Waals surface area contributed by atoms with Crippen LogP contribution in [-0.2, 0) is 5.41 Å². The molecule has 1 aliphatic heterocycles. The van der Waals surface area contributed by atoms with Gasteiger partial charge in [0.25, 0.3) is 0 Å². The summed E-state index contributed by atoms with van der Waals surface area (Å²) in [7, 11) is 0. The van der Waals surface area contributed by atoms with Gasteiger partial charge in [-0.15, -0.1) is 0 Å². The van der Waals surface area contributed by atoms with Gasteiger partial charge in [0, 0.05) is 18.4 Å². The molecular formula is C18H27NO2. The summed E-state index contributed by atoms with van der Waals surface area (Å²) in [5.74, 6) is 2.29. The summed E-state index contributed by atoms with van der Waals surface area (Å²) in [6, 6.07) is 4.44. The first kappa shape index (κ1) is 14.7. The molecule has 0 unspecified atom stereocenters. The van der Waals surface area contributed by atoms with E-state index in [2.05, 4.69) is 26.0 Å². The van der Waals surface area contributed by atoms with Crippen molar-refractivity contribution in [2.45, 2.75) is 57.3 Å². The fourth-order valence-corrected chi connectivity index (χ4v) is 3.80. The van der Waals surface area contributed by atoms with Crippen LogP contribution in [0.25, 0.3) is 0 Å². The fourth-order valence-electron chi connectivity index (χ4n) is 3.80. The Morgan fingerprint density at radius 1 is 1.05 bits per heavy atom. The highest BCUT2D eigenvalue weighted by molar-refractivity contribution is 5.52. The van der Waals surface area contributed by atoms with E-state index in [-0.39, 0.29) is 5.41 Å². The molecule has 1 aromatic carbocycles. The van der Waals surface area contributed by atoms with Crippen LogP contribution in [0.5, 0.6) is 11.5 Å². The van der Waals surface area contributed by atoms with Gasteiger partial charge in [0.15, 0.2) is 11.5 Å². The highest BCUT2D eigenvalue weighted by Gasteiger charge is 2.37. The Morgan fingerprint density at radius 3 is 2.24 bits per heavy atom. The highest BCUT2D eigenvalue weighted by atomic mass is 16.5. The molecule has 0 spiro atoms. The minimum absolute atomic E-state index is 0.143. The van der Waals surface area contributed by atoms with Gasteiger partial charge in [-0.1, -0.05) is 26.7 Å². The molecule has 0 amide bonds. The lowest BCUT2D eigenvalue weighted by Gasteiger charge is -2.32. The first-order valence-corrected chi connectivity index (χ1v) is 8.30. The van der Waals surface area contributed by atoms with Gasteiger partial charge in [-0.3, -0.25) is 0 Å². The van der Waals surface area contributed by atoms with Crippen LogP contribution >= 0.6 is 0 Å². The van der Waals surface area contributed by atoms with Gasteiger partial charge in [-0.05, 0) is 42.0 Å². The normalized spacial score (nSPS) is 20.6. The largest absolute Gasteiger partial charge is 0.490 e. The van der Waals surface area contributed by atoms with E-state index in [9.17, 15) is 0 Å². The van der Waals surface area contributed by atoms with E-state index in [1.54, 1.807) is 0 Å². The summed E-state index contributed by atoms with van der Waals surface area (Å²) in [6.45, 7) is 6.71. The molecule has 0 saturated heterocycles. The predicted molar refractivity (Wildman–Crippen MR) is 85.3 cm³/mol. The first-order valence-electron chi connectivity index (χ1n) is 8.30. The van der Waals surface area contributed by atoms with E-state index < -0.39 is 0 Å². The third-order valence-corrected chi connectivity index (χ3v) is 5.06. The number of nitrogens with two attached hydrogens (primary N) is 1. The van der Waals surface area contributed by atoms with Crippen molar-refractivity contribution in [1.29, 1.82) is 0 Å². The van der Waals surface area contributed by atoms with Crippen LogP contribution in [0.1, 0.15) is 63.0 Å². The van der Waals surface area contributed by atoms with Gasteiger partial charge in [0.05, 0.1) is 13.2 Å². The summed E-state index contributed by atoms with van der Waals surface area (Å²) in [6.07, 6.45) is 5.90. The number of rotatable bonds is 3. The van der Waals surface area contributed by atoms with Crippen LogP contribution in [0.2, 0.25) is 0 Å². The Bertz CT molecular complexity index is 504. The number of ether oxygens (including phenoxy) is 2. The predicted octanol–water partition coefficient (Wildman–Crippen LogP) is 3.74. The molecule has 0 aromatic heterocycles. The first-order chi connectivity index (χ1) is 10.2. The molecule has 0 atom stereocenters. The van der Waals surface area contributed by atoms with Gasteiger partial charge in [0.2, 0.25) is 0 Å². The van der Waals surface area contributed by atoms with Crippen LogP contribution in [0, 0.1) is 0 Å². The molecule has 1 aromatic rings. The lowest BCUT2D eigenvalue weighted by atomic mass is 9.74. The van der Waals surface area contributed by atoms with Crippen molar-refractivity contribution in [2.75, 3.05) is 19.8 Å². The van der Waals surface area contributed by atoms with Gasteiger partial charge in [-0.25, -0.2) is 0 Å². The maximum Gasteiger partial charge on any atom is 0.161 e. The highest BCUT2D eigenvalue weighted by Crippen LogP contribution is 2.46. The minimum Gasteiger partial charge on any atom is -0.490 e. The second-order valence-corrected chi connectivity index (χ2v) is 6.78. The van der Waals surface area contributed by atoms with Crippen molar-refractivity contribution in [2.24, 2.45) is 5.73 Å². The summed E-state index contributed by atoms with van der Waals surface area (Å²) in [5.41, 5.74) is 9.13. The molecule has 3 heteroatoms. The Hall–Kier alpha value is -1.22. The SMILES string of the molecule is CC(C)c1cc2c(cc1C1(CN)CCCC1)OCCCO2. The van der Waals surface area contributed by atoms with Crippen molar-refractivity contribution in [3.63, 3.8) is 0 Å². The minimum atomic E-state index is 0.143. The third kappa shape index (κ3) is 2.64. The zero-order valence-electron chi connectivity index (χ0n) is 13.3. The molecule has 1 heterocycles. The molecule has 21 heavy (non-hydrogen) atoms. The van der Waals surface area contributed by atoms with Crippen molar-refractivity contribution < 1.29 is 9.47 Å². The lowest BCUT2D eigenvalue weighted by Crippen LogP contribution is -2.33. The quantitative estimate of drug-likeness (QED) is 0.922. The monoisotopic (exact) mass is 289 g/mol. The Labute approximate surface area is 127 Å². The van der Waals surface area contributed by atoms with Crippen molar-refractivity contribution in [3.05, 3.63) is 23.3 Å². The molecule has 116 valence electrons. The lowest BCUT2D eigenvalue weighted by molar-refractivity contribution is 0.296. The zero-order chi connectivity index (χ0) is 14.9. The maximum atomic E-state index is 6.20. The van der Waals surface area contributed by atoms with Crippen LogP contribution in [0.15, 0.2) is 12.1 Å². The van der Waals surface area contributed by atoms with E-state index in [4.69, 9.17) is 15.2 Å². The molecular weight excluding hydrogens is 262 g/mol. The molecule has 2 aliphatic rings. The average molecular weight is 289 g/mol.